The zero-order valence-corrected chi connectivity index (χ0v) is 13.9. The Morgan fingerprint density at radius 1 is 1.27 bits per heavy atom. The molecule has 2 rings (SSSR count). The molecule has 1 aromatic heterocycles. The van der Waals surface area contributed by atoms with Crippen molar-refractivity contribution in [2.75, 3.05) is 50.7 Å². The second-order valence-corrected chi connectivity index (χ2v) is 5.42. The molecule has 7 nitrogen and oxygen atoms in total. The molecule has 1 aromatic rings. The van der Waals surface area contributed by atoms with E-state index in [1.807, 2.05) is 6.07 Å². The molecule has 2 N–H and O–H groups in total. The van der Waals surface area contributed by atoms with E-state index in [4.69, 9.17) is 21.7 Å². The molecule has 8 heteroatoms. The van der Waals surface area contributed by atoms with Crippen LogP contribution in [0.3, 0.4) is 0 Å². The molecular weight excluding hydrogens is 302 g/mol. The van der Waals surface area contributed by atoms with E-state index in [0.717, 1.165) is 18.9 Å². The smallest absolute Gasteiger partial charge is 0.234 e. The van der Waals surface area contributed by atoms with Gasteiger partial charge in [-0.15, -0.1) is 0 Å². The third kappa shape index (κ3) is 4.96. The van der Waals surface area contributed by atoms with Gasteiger partial charge in [0.25, 0.3) is 0 Å². The zero-order chi connectivity index (χ0) is 15.8. The third-order valence-electron chi connectivity index (χ3n) is 3.40. The number of hydrogen-bond donors (Lipinski definition) is 2. The first-order chi connectivity index (χ1) is 10.7. The predicted octanol–water partition coefficient (Wildman–Crippen LogP) is 1.41. The molecule has 0 aromatic carbocycles. The van der Waals surface area contributed by atoms with Crippen LogP contribution in [0.25, 0.3) is 0 Å². The first-order valence-electron chi connectivity index (χ1n) is 7.44. The minimum absolute atomic E-state index is 0.440. The molecule has 1 fully saturated rings. The van der Waals surface area contributed by atoms with Crippen molar-refractivity contribution in [3.63, 3.8) is 0 Å². The maximum absolute atomic E-state index is 5.26. The van der Waals surface area contributed by atoms with Gasteiger partial charge in [-0.25, -0.2) is 0 Å². The van der Waals surface area contributed by atoms with E-state index in [1.165, 1.54) is 19.3 Å². The van der Waals surface area contributed by atoms with Gasteiger partial charge in [-0.2, -0.15) is 9.97 Å². The van der Waals surface area contributed by atoms with Crippen LogP contribution in [-0.4, -0.2) is 55.5 Å². The molecule has 1 saturated heterocycles. The highest BCUT2D eigenvalue weighted by Gasteiger charge is 2.15. The Kier molecular flexibility index (Phi) is 6.60. The van der Waals surface area contributed by atoms with Crippen LogP contribution in [0, 0.1) is 0 Å². The summed E-state index contributed by atoms with van der Waals surface area (Å²) in [7, 11) is 3.25. The summed E-state index contributed by atoms with van der Waals surface area (Å²) in [4.78, 5) is 11.1. The summed E-state index contributed by atoms with van der Waals surface area (Å²) in [5.41, 5.74) is 0. The van der Waals surface area contributed by atoms with E-state index in [1.54, 1.807) is 14.2 Å². The van der Waals surface area contributed by atoms with E-state index in [9.17, 15) is 0 Å². The fourth-order valence-electron chi connectivity index (χ4n) is 2.27. The van der Waals surface area contributed by atoms with E-state index < -0.39 is 0 Å². The third-order valence-corrected chi connectivity index (χ3v) is 3.64. The monoisotopic (exact) mass is 325 g/mol. The summed E-state index contributed by atoms with van der Waals surface area (Å²) in [5.74, 6) is 1.83. The summed E-state index contributed by atoms with van der Waals surface area (Å²) >= 11 is 5.22. The molecule has 1 aliphatic rings. The Hall–Kier alpha value is -1.67. The standard InChI is InChI=1S/C14H23N5O2S/c1-20-9-6-15-14(22)18-13-16-11(10-12(17-13)21-2)19-7-4-3-5-8-19/h10H,3-9H2,1-2H3,(H2,15,16,17,18,22). The van der Waals surface area contributed by atoms with Crippen LogP contribution >= 0.6 is 12.2 Å². The zero-order valence-electron chi connectivity index (χ0n) is 13.1. The SMILES string of the molecule is COCCNC(=S)Nc1nc(OC)cc(N2CCCCC2)n1. The summed E-state index contributed by atoms with van der Waals surface area (Å²) in [6, 6.07) is 1.86. The van der Waals surface area contributed by atoms with E-state index in [0.29, 0.717) is 30.1 Å². The van der Waals surface area contributed by atoms with Crippen molar-refractivity contribution in [1.29, 1.82) is 0 Å². The molecule has 0 atom stereocenters. The number of thiocarbonyl (C=S) groups is 1. The number of nitrogens with zero attached hydrogens (tertiary/aromatic N) is 3. The van der Waals surface area contributed by atoms with Crippen LogP contribution in [0.4, 0.5) is 11.8 Å². The minimum atomic E-state index is 0.440. The Balaban J connectivity index is 2.04. The van der Waals surface area contributed by atoms with Gasteiger partial charge in [0.1, 0.15) is 5.82 Å². The van der Waals surface area contributed by atoms with Crippen molar-refractivity contribution in [3.05, 3.63) is 6.07 Å². The number of hydrogen-bond acceptors (Lipinski definition) is 6. The van der Waals surface area contributed by atoms with Gasteiger partial charge in [0.05, 0.1) is 13.7 Å². The number of anilines is 2. The molecule has 0 radical (unpaired) electrons. The lowest BCUT2D eigenvalue weighted by molar-refractivity contribution is 0.204. The normalized spacial score (nSPS) is 14.5. The second-order valence-electron chi connectivity index (χ2n) is 5.01. The van der Waals surface area contributed by atoms with Crippen molar-refractivity contribution >= 4 is 29.1 Å². The molecule has 22 heavy (non-hydrogen) atoms. The van der Waals surface area contributed by atoms with Gasteiger partial charge in [-0.05, 0) is 31.5 Å². The summed E-state index contributed by atoms with van der Waals surface area (Å²) in [5, 5.41) is 6.49. The van der Waals surface area contributed by atoms with Crippen LogP contribution in [0.1, 0.15) is 19.3 Å². The first-order valence-corrected chi connectivity index (χ1v) is 7.85. The number of ether oxygens (including phenoxy) is 2. The first kappa shape index (κ1) is 16.7. The average Bonchev–Trinajstić information content (AvgIpc) is 2.55. The van der Waals surface area contributed by atoms with E-state index >= 15 is 0 Å². The highest BCUT2D eigenvalue weighted by molar-refractivity contribution is 7.80. The number of rotatable bonds is 6. The van der Waals surface area contributed by atoms with Crippen LogP contribution in [0.15, 0.2) is 6.07 Å². The Morgan fingerprint density at radius 3 is 2.73 bits per heavy atom. The lowest BCUT2D eigenvalue weighted by Crippen LogP contribution is -2.33. The van der Waals surface area contributed by atoms with Crippen molar-refractivity contribution < 1.29 is 9.47 Å². The van der Waals surface area contributed by atoms with Crippen molar-refractivity contribution in [3.8, 4) is 5.88 Å². The van der Waals surface area contributed by atoms with Crippen LogP contribution in [0.2, 0.25) is 0 Å². The molecule has 2 heterocycles. The lowest BCUT2D eigenvalue weighted by Gasteiger charge is -2.28. The van der Waals surface area contributed by atoms with E-state index in [2.05, 4.69) is 25.5 Å². The van der Waals surface area contributed by atoms with Gasteiger partial charge < -0.3 is 25.0 Å². The fraction of sp³-hybridized carbons (Fsp3) is 0.643. The maximum Gasteiger partial charge on any atom is 0.234 e. The van der Waals surface area contributed by atoms with Gasteiger partial charge in [0, 0.05) is 32.8 Å². The van der Waals surface area contributed by atoms with Crippen LogP contribution < -0.4 is 20.3 Å². The van der Waals surface area contributed by atoms with Crippen molar-refractivity contribution in [2.24, 2.45) is 0 Å². The summed E-state index contributed by atoms with van der Waals surface area (Å²) in [6.45, 7) is 3.23. The molecule has 1 aliphatic heterocycles. The van der Waals surface area contributed by atoms with Gasteiger partial charge in [0.2, 0.25) is 11.8 Å². The molecule has 0 bridgehead atoms. The number of methoxy groups -OCH3 is 2. The van der Waals surface area contributed by atoms with Crippen molar-refractivity contribution in [2.45, 2.75) is 19.3 Å². The molecule has 0 saturated carbocycles. The highest BCUT2D eigenvalue weighted by atomic mass is 32.1. The minimum Gasteiger partial charge on any atom is -0.481 e. The highest BCUT2D eigenvalue weighted by Crippen LogP contribution is 2.22. The predicted molar refractivity (Wildman–Crippen MR) is 90.7 cm³/mol. The quantitative estimate of drug-likeness (QED) is 0.601. The van der Waals surface area contributed by atoms with Crippen LogP contribution in [0.5, 0.6) is 5.88 Å². The summed E-state index contributed by atoms with van der Waals surface area (Å²) in [6.07, 6.45) is 3.65. The molecule has 0 aliphatic carbocycles. The Bertz CT molecular complexity index is 494. The second kappa shape index (κ2) is 8.70. The average molecular weight is 325 g/mol. The Labute approximate surface area is 136 Å². The molecule has 122 valence electrons. The fourth-order valence-corrected chi connectivity index (χ4v) is 2.46. The van der Waals surface area contributed by atoms with Crippen LogP contribution in [-0.2, 0) is 4.74 Å². The number of piperidine rings is 1. The van der Waals surface area contributed by atoms with Gasteiger partial charge in [-0.1, -0.05) is 0 Å². The Morgan fingerprint density at radius 2 is 2.05 bits per heavy atom. The van der Waals surface area contributed by atoms with Gasteiger partial charge in [0.15, 0.2) is 5.11 Å². The molecule has 0 amide bonds. The molecule has 0 spiro atoms. The number of nitrogens with one attached hydrogen (secondary N) is 2. The van der Waals surface area contributed by atoms with Gasteiger partial charge in [-0.3, -0.25) is 0 Å². The molecule has 0 unspecified atom stereocenters. The summed E-state index contributed by atoms with van der Waals surface area (Å²) < 4.78 is 10.2. The molecular formula is C14H23N5O2S. The largest absolute Gasteiger partial charge is 0.481 e. The topological polar surface area (TPSA) is 71.5 Å². The maximum atomic E-state index is 5.26. The van der Waals surface area contributed by atoms with Gasteiger partial charge >= 0.3 is 0 Å². The van der Waals surface area contributed by atoms with E-state index in [-0.39, 0.29) is 0 Å². The van der Waals surface area contributed by atoms with Crippen molar-refractivity contribution in [1.82, 2.24) is 15.3 Å². The lowest BCUT2D eigenvalue weighted by atomic mass is 10.1. The number of aromatic nitrogens is 2.